The quantitative estimate of drug-likeness (QED) is 0.536. The van der Waals surface area contributed by atoms with E-state index in [9.17, 15) is 9.90 Å². The Bertz CT molecular complexity index is 1070. The van der Waals surface area contributed by atoms with E-state index in [4.69, 9.17) is 25.5 Å². The lowest BCUT2D eigenvalue weighted by atomic mass is 10.0. The number of aryl methyl sites for hydroxylation is 1. The fraction of sp³-hybridized carbons (Fsp3) is 0.286. The highest BCUT2D eigenvalue weighted by Crippen LogP contribution is 2.35. The predicted molar refractivity (Wildman–Crippen MR) is 109 cm³/mol. The molecule has 0 spiro atoms. The van der Waals surface area contributed by atoms with Gasteiger partial charge in [0.25, 0.3) is 0 Å². The summed E-state index contributed by atoms with van der Waals surface area (Å²) in [7, 11) is 3.19. The number of benzene rings is 2. The Hall–Kier alpha value is -2.41. The summed E-state index contributed by atoms with van der Waals surface area (Å²) < 4.78 is 16.0. The van der Waals surface area contributed by atoms with Crippen molar-refractivity contribution in [2.24, 2.45) is 0 Å². The lowest BCUT2D eigenvalue weighted by Gasteiger charge is -2.14. The van der Waals surface area contributed by atoms with Crippen molar-refractivity contribution in [1.29, 1.82) is 0 Å². The summed E-state index contributed by atoms with van der Waals surface area (Å²) in [5.41, 5.74) is 2.09. The minimum Gasteiger partial charge on any atom is -1.00 e. The van der Waals surface area contributed by atoms with Gasteiger partial charge in [-0.2, -0.15) is 0 Å². The molecule has 156 valence electrons. The Morgan fingerprint density at radius 1 is 1.10 bits per heavy atom. The van der Waals surface area contributed by atoms with Gasteiger partial charge in [-0.1, -0.05) is 24.6 Å². The molecule has 1 aromatic heterocycles. The van der Waals surface area contributed by atoms with Crippen LogP contribution in [0, 0.1) is 0 Å². The van der Waals surface area contributed by atoms with Gasteiger partial charge in [0.2, 0.25) is 0 Å². The Morgan fingerprint density at radius 2 is 1.86 bits per heavy atom. The van der Waals surface area contributed by atoms with Gasteiger partial charge in [0.15, 0.2) is 0 Å². The Balaban J connectivity index is 0.00000300. The molecule has 0 fully saturated rings. The van der Waals surface area contributed by atoms with E-state index in [-0.39, 0.29) is 29.7 Å². The molecule has 0 aliphatic heterocycles. The van der Waals surface area contributed by atoms with Crippen LogP contribution in [0.3, 0.4) is 0 Å². The topological polar surface area (TPSA) is 80.9 Å². The van der Waals surface area contributed by atoms with Gasteiger partial charge in [0.1, 0.15) is 22.8 Å². The Labute approximate surface area is 179 Å². The van der Waals surface area contributed by atoms with Crippen LogP contribution in [-0.2, 0) is 19.5 Å². The van der Waals surface area contributed by atoms with E-state index in [0.29, 0.717) is 35.6 Å². The zero-order chi connectivity index (χ0) is 20.3. The molecule has 3 aromatic rings. The molecule has 0 aliphatic carbocycles. The van der Waals surface area contributed by atoms with Crippen LogP contribution in [-0.4, -0.2) is 19.3 Å². The van der Waals surface area contributed by atoms with Gasteiger partial charge < -0.3 is 36.7 Å². The van der Waals surface area contributed by atoms with E-state index >= 15 is 0 Å². The SMILES string of the molecule is CCc1cc(=O)oc2c(CNCc3ccc(OC)cc3OC)c(O)c(Cl)cc12.[Cl-]. The standard InChI is InChI=1S/C21H22ClNO5.ClH/c1-4-12-7-19(24)28-21-15(12)9-17(22)20(25)16(21)11-23-10-13-5-6-14(26-2)8-18(13)27-3;/h5-9,23,25H,4,10-11H2,1-3H3;1H/p-1. The summed E-state index contributed by atoms with van der Waals surface area (Å²) in [6.07, 6.45) is 0.652. The van der Waals surface area contributed by atoms with E-state index < -0.39 is 5.63 Å². The second-order valence-electron chi connectivity index (χ2n) is 6.29. The summed E-state index contributed by atoms with van der Waals surface area (Å²) in [5, 5.41) is 14.6. The number of phenols is 1. The predicted octanol–water partition coefficient (Wildman–Crippen LogP) is 1.03. The van der Waals surface area contributed by atoms with Crippen LogP contribution in [0.4, 0.5) is 0 Å². The van der Waals surface area contributed by atoms with E-state index in [2.05, 4.69) is 5.32 Å². The van der Waals surface area contributed by atoms with Crippen LogP contribution >= 0.6 is 11.6 Å². The molecule has 0 unspecified atom stereocenters. The van der Waals surface area contributed by atoms with Crippen LogP contribution in [0.2, 0.25) is 5.02 Å². The number of methoxy groups -OCH3 is 2. The molecule has 2 N–H and O–H groups in total. The van der Waals surface area contributed by atoms with Crippen LogP contribution in [0.5, 0.6) is 17.2 Å². The first kappa shape index (κ1) is 22.9. The van der Waals surface area contributed by atoms with Crippen molar-refractivity contribution < 1.29 is 31.4 Å². The summed E-state index contributed by atoms with van der Waals surface area (Å²) in [4.78, 5) is 11.9. The van der Waals surface area contributed by atoms with E-state index in [1.54, 1.807) is 26.4 Å². The number of ether oxygens (including phenoxy) is 2. The first-order valence-corrected chi connectivity index (χ1v) is 9.25. The average molecular weight is 439 g/mol. The lowest BCUT2D eigenvalue weighted by Crippen LogP contribution is -3.00. The van der Waals surface area contributed by atoms with Crippen LogP contribution in [0.15, 0.2) is 39.5 Å². The number of halogens is 2. The van der Waals surface area contributed by atoms with Crippen molar-refractivity contribution in [3.8, 4) is 17.2 Å². The Kier molecular flexibility index (Phi) is 7.79. The lowest BCUT2D eigenvalue weighted by molar-refractivity contribution is -0.00000781. The summed E-state index contributed by atoms with van der Waals surface area (Å²) in [5.74, 6) is 1.29. The molecular weight excluding hydrogens is 417 g/mol. The summed E-state index contributed by atoms with van der Waals surface area (Å²) >= 11 is 6.21. The molecular formula is C21H22Cl2NO5-. The molecule has 0 saturated heterocycles. The molecule has 6 nitrogen and oxygen atoms in total. The average Bonchev–Trinajstić information content (AvgIpc) is 2.70. The van der Waals surface area contributed by atoms with Crippen LogP contribution in [0.25, 0.3) is 11.0 Å². The fourth-order valence-electron chi connectivity index (χ4n) is 3.16. The first-order chi connectivity index (χ1) is 13.5. The number of phenolic OH excluding ortho intramolecular Hbond substituents is 1. The van der Waals surface area contributed by atoms with E-state index in [1.807, 2.05) is 19.1 Å². The third-order valence-electron chi connectivity index (χ3n) is 4.63. The minimum absolute atomic E-state index is 0. The van der Waals surface area contributed by atoms with Crippen molar-refractivity contribution in [2.45, 2.75) is 26.4 Å². The summed E-state index contributed by atoms with van der Waals surface area (Å²) in [6, 6.07) is 8.63. The molecule has 3 rings (SSSR count). The molecule has 0 bridgehead atoms. The number of fused-ring (bicyclic) bond motifs is 1. The molecule has 29 heavy (non-hydrogen) atoms. The smallest absolute Gasteiger partial charge is 0.336 e. The maximum atomic E-state index is 11.9. The summed E-state index contributed by atoms with van der Waals surface area (Å²) in [6.45, 7) is 2.68. The second kappa shape index (κ2) is 9.87. The molecule has 0 radical (unpaired) electrons. The molecule has 0 amide bonds. The van der Waals surface area contributed by atoms with Crippen molar-refractivity contribution in [3.05, 3.63) is 62.5 Å². The highest BCUT2D eigenvalue weighted by molar-refractivity contribution is 6.33. The molecule has 2 aromatic carbocycles. The zero-order valence-corrected chi connectivity index (χ0v) is 17.9. The molecule has 8 heteroatoms. The normalized spacial score (nSPS) is 10.6. The highest BCUT2D eigenvalue weighted by Gasteiger charge is 2.17. The molecule has 0 saturated carbocycles. The van der Waals surface area contributed by atoms with Gasteiger partial charge in [-0.15, -0.1) is 0 Å². The zero-order valence-electron chi connectivity index (χ0n) is 16.3. The third-order valence-corrected chi connectivity index (χ3v) is 4.92. The first-order valence-electron chi connectivity index (χ1n) is 8.87. The van der Waals surface area contributed by atoms with Crippen molar-refractivity contribution in [1.82, 2.24) is 5.32 Å². The van der Waals surface area contributed by atoms with Gasteiger partial charge in [0, 0.05) is 36.2 Å². The Morgan fingerprint density at radius 3 is 2.52 bits per heavy atom. The van der Waals surface area contributed by atoms with Crippen molar-refractivity contribution in [2.75, 3.05) is 14.2 Å². The minimum atomic E-state index is -0.454. The fourth-order valence-corrected chi connectivity index (χ4v) is 3.38. The number of rotatable bonds is 7. The van der Waals surface area contributed by atoms with E-state index in [0.717, 1.165) is 16.5 Å². The number of hydrogen-bond acceptors (Lipinski definition) is 6. The number of hydrogen-bond donors (Lipinski definition) is 2. The molecule has 0 atom stereocenters. The maximum absolute atomic E-state index is 11.9. The molecule has 1 heterocycles. The largest absolute Gasteiger partial charge is 1.00 e. The van der Waals surface area contributed by atoms with E-state index in [1.165, 1.54) is 6.07 Å². The van der Waals surface area contributed by atoms with Gasteiger partial charge in [0.05, 0.1) is 24.8 Å². The second-order valence-corrected chi connectivity index (χ2v) is 6.69. The van der Waals surface area contributed by atoms with Gasteiger partial charge in [-0.25, -0.2) is 4.79 Å². The monoisotopic (exact) mass is 438 g/mol. The van der Waals surface area contributed by atoms with Gasteiger partial charge >= 0.3 is 5.63 Å². The van der Waals surface area contributed by atoms with Crippen molar-refractivity contribution >= 4 is 22.6 Å². The van der Waals surface area contributed by atoms with Crippen LogP contribution in [0.1, 0.15) is 23.6 Å². The van der Waals surface area contributed by atoms with Gasteiger partial charge in [-0.05, 0) is 24.1 Å². The highest BCUT2D eigenvalue weighted by atomic mass is 35.5. The number of nitrogens with one attached hydrogen (secondary N) is 1. The number of aromatic hydroxyl groups is 1. The van der Waals surface area contributed by atoms with Crippen molar-refractivity contribution in [3.63, 3.8) is 0 Å². The van der Waals surface area contributed by atoms with Gasteiger partial charge in [-0.3, -0.25) is 0 Å². The van der Waals surface area contributed by atoms with Crippen LogP contribution < -0.4 is 32.8 Å². The maximum Gasteiger partial charge on any atom is 0.336 e. The molecule has 0 aliphatic rings. The third kappa shape index (κ3) is 4.78.